The Bertz CT molecular complexity index is 950. The second-order valence-electron chi connectivity index (χ2n) is 9.19. The third kappa shape index (κ3) is 2.88. The summed E-state index contributed by atoms with van der Waals surface area (Å²) in [4.78, 5) is 27.4. The standard InChI is InChI=1S/C25H27NO3/c1-14(2)20-11-4-15(3)12-21(20)29-19-9-7-18(8-10-19)26-24(27)22-16-5-6-17(13-16)23(22)25(26)28/h4,7-12,14,16-17,22-23H,5-6,13H2,1-3H3/t16-,17-,22+,23+/m0/s1. The molecule has 0 unspecified atom stereocenters. The summed E-state index contributed by atoms with van der Waals surface area (Å²) in [5, 5.41) is 0. The first-order valence-corrected chi connectivity index (χ1v) is 10.7. The molecule has 0 aromatic heterocycles. The SMILES string of the molecule is Cc1ccc(C(C)C)c(Oc2ccc(N3C(=O)[C@@H]4[C@H]5CC[C@@H](C5)[C@H]4C3=O)cc2)c1. The van der Waals surface area contributed by atoms with Crippen molar-refractivity contribution < 1.29 is 14.3 Å². The zero-order valence-electron chi connectivity index (χ0n) is 17.2. The van der Waals surface area contributed by atoms with Crippen molar-refractivity contribution in [3.63, 3.8) is 0 Å². The molecule has 4 nitrogen and oxygen atoms in total. The van der Waals surface area contributed by atoms with Crippen LogP contribution in [0, 0.1) is 30.6 Å². The van der Waals surface area contributed by atoms with E-state index in [1.54, 1.807) is 0 Å². The van der Waals surface area contributed by atoms with Gasteiger partial charge in [0.25, 0.3) is 0 Å². The minimum atomic E-state index is -0.0851. The van der Waals surface area contributed by atoms with Gasteiger partial charge in [-0.2, -0.15) is 0 Å². The lowest BCUT2D eigenvalue weighted by molar-refractivity contribution is -0.123. The Morgan fingerprint density at radius 2 is 1.55 bits per heavy atom. The van der Waals surface area contributed by atoms with Crippen LogP contribution in [0.4, 0.5) is 5.69 Å². The molecular weight excluding hydrogens is 362 g/mol. The van der Waals surface area contributed by atoms with Gasteiger partial charge in [-0.1, -0.05) is 26.0 Å². The molecule has 1 aliphatic heterocycles. The number of aryl methyl sites for hydroxylation is 1. The maximum Gasteiger partial charge on any atom is 0.237 e. The average molecular weight is 389 g/mol. The molecule has 3 fully saturated rings. The van der Waals surface area contributed by atoms with E-state index in [1.165, 1.54) is 4.90 Å². The van der Waals surface area contributed by atoms with Crippen molar-refractivity contribution in [2.45, 2.75) is 46.0 Å². The zero-order chi connectivity index (χ0) is 20.3. The quantitative estimate of drug-likeness (QED) is 0.654. The van der Waals surface area contributed by atoms with Crippen LogP contribution in [0.3, 0.4) is 0 Å². The topological polar surface area (TPSA) is 46.6 Å². The van der Waals surface area contributed by atoms with Gasteiger partial charge in [0.1, 0.15) is 11.5 Å². The molecule has 0 spiro atoms. The van der Waals surface area contributed by atoms with Crippen LogP contribution in [0.25, 0.3) is 0 Å². The molecule has 1 saturated heterocycles. The van der Waals surface area contributed by atoms with E-state index in [4.69, 9.17) is 4.74 Å². The van der Waals surface area contributed by atoms with Crippen LogP contribution in [-0.4, -0.2) is 11.8 Å². The smallest absolute Gasteiger partial charge is 0.237 e. The van der Waals surface area contributed by atoms with E-state index >= 15 is 0 Å². The van der Waals surface area contributed by atoms with Crippen LogP contribution in [-0.2, 0) is 9.59 Å². The van der Waals surface area contributed by atoms with E-state index in [2.05, 4.69) is 32.9 Å². The first kappa shape index (κ1) is 18.4. The number of imide groups is 1. The van der Waals surface area contributed by atoms with E-state index in [0.29, 0.717) is 29.2 Å². The van der Waals surface area contributed by atoms with Crippen molar-refractivity contribution in [2.75, 3.05) is 4.90 Å². The summed E-state index contributed by atoms with van der Waals surface area (Å²) in [7, 11) is 0. The van der Waals surface area contributed by atoms with Crippen molar-refractivity contribution in [1.29, 1.82) is 0 Å². The van der Waals surface area contributed by atoms with Gasteiger partial charge in [-0.15, -0.1) is 0 Å². The number of hydrogen-bond donors (Lipinski definition) is 0. The Morgan fingerprint density at radius 3 is 2.14 bits per heavy atom. The molecule has 2 saturated carbocycles. The molecule has 2 aliphatic carbocycles. The van der Waals surface area contributed by atoms with Gasteiger partial charge in [-0.3, -0.25) is 14.5 Å². The number of amides is 2. The highest BCUT2D eigenvalue weighted by Gasteiger charge is 2.61. The number of nitrogens with zero attached hydrogens (tertiary/aromatic N) is 1. The van der Waals surface area contributed by atoms with E-state index in [1.807, 2.05) is 30.3 Å². The van der Waals surface area contributed by atoms with Gasteiger partial charge in [-0.25, -0.2) is 0 Å². The fourth-order valence-electron chi connectivity index (χ4n) is 5.66. The molecule has 29 heavy (non-hydrogen) atoms. The van der Waals surface area contributed by atoms with Crippen molar-refractivity contribution >= 4 is 17.5 Å². The molecule has 150 valence electrons. The fourth-order valence-corrected chi connectivity index (χ4v) is 5.66. The number of fused-ring (bicyclic) bond motifs is 5. The predicted molar refractivity (Wildman–Crippen MR) is 112 cm³/mol. The summed E-state index contributed by atoms with van der Waals surface area (Å²) < 4.78 is 6.15. The first-order chi connectivity index (χ1) is 13.9. The van der Waals surface area contributed by atoms with Crippen LogP contribution in [0.2, 0.25) is 0 Å². The maximum atomic E-state index is 13.0. The van der Waals surface area contributed by atoms with Gasteiger partial charge < -0.3 is 4.74 Å². The number of carbonyl (C=O) groups excluding carboxylic acids is 2. The summed E-state index contributed by atoms with van der Waals surface area (Å²) in [5.41, 5.74) is 2.97. The molecule has 3 aliphatic rings. The minimum Gasteiger partial charge on any atom is -0.457 e. The third-order valence-corrected chi connectivity index (χ3v) is 7.04. The Kier molecular flexibility index (Phi) is 4.27. The summed E-state index contributed by atoms with van der Waals surface area (Å²) in [6.45, 7) is 6.35. The number of anilines is 1. The highest BCUT2D eigenvalue weighted by atomic mass is 16.5. The normalized spacial score (nSPS) is 27.8. The third-order valence-electron chi connectivity index (χ3n) is 7.04. The van der Waals surface area contributed by atoms with Gasteiger partial charge in [0.15, 0.2) is 0 Å². The highest BCUT2D eigenvalue weighted by Crippen LogP contribution is 2.56. The van der Waals surface area contributed by atoms with Crippen molar-refractivity contribution in [1.82, 2.24) is 0 Å². The van der Waals surface area contributed by atoms with Gasteiger partial charge >= 0.3 is 0 Å². The van der Waals surface area contributed by atoms with Gasteiger partial charge in [0, 0.05) is 0 Å². The van der Waals surface area contributed by atoms with Crippen LogP contribution < -0.4 is 9.64 Å². The predicted octanol–water partition coefficient (Wildman–Crippen LogP) is 5.45. The number of hydrogen-bond acceptors (Lipinski definition) is 3. The first-order valence-electron chi connectivity index (χ1n) is 10.7. The molecule has 5 rings (SSSR count). The monoisotopic (exact) mass is 389 g/mol. The molecule has 1 heterocycles. The Hall–Kier alpha value is -2.62. The molecule has 0 N–H and O–H groups in total. The number of rotatable bonds is 4. The average Bonchev–Trinajstić information content (AvgIpc) is 3.36. The number of ether oxygens (including phenoxy) is 1. The molecule has 2 bridgehead atoms. The van der Waals surface area contributed by atoms with Crippen LogP contribution in [0.1, 0.15) is 50.2 Å². The zero-order valence-corrected chi connectivity index (χ0v) is 17.2. The minimum absolute atomic E-state index is 0.00152. The van der Waals surface area contributed by atoms with Crippen LogP contribution >= 0.6 is 0 Å². The Balaban J connectivity index is 1.39. The lowest BCUT2D eigenvalue weighted by Gasteiger charge is -2.19. The van der Waals surface area contributed by atoms with Crippen molar-refractivity contribution in [2.24, 2.45) is 23.7 Å². The number of carbonyl (C=O) groups is 2. The van der Waals surface area contributed by atoms with E-state index in [0.717, 1.165) is 36.1 Å². The largest absolute Gasteiger partial charge is 0.457 e. The van der Waals surface area contributed by atoms with Crippen LogP contribution in [0.15, 0.2) is 42.5 Å². The van der Waals surface area contributed by atoms with Gasteiger partial charge in [-0.05, 0) is 85.4 Å². The molecule has 2 amide bonds. The number of benzene rings is 2. The van der Waals surface area contributed by atoms with Gasteiger partial charge in [0.2, 0.25) is 11.8 Å². The molecular formula is C25H27NO3. The Labute approximate surface area is 171 Å². The second-order valence-corrected chi connectivity index (χ2v) is 9.19. The summed E-state index contributed by atoms with van der Waals surface area (Å²) >= 11 is 0. The lowest BCUT2D eigenvalue weighted by atomic mass is 9.81. The van der Waals surface area contributed by atoms with E-state index < -0.39 is 0 Å². The molecule has 4 heteroatoms. The van der Waals surface area contributed by atoms with Crippen LogP contribution in [0.5, 0.6) is 11.5 Å². The maximum absolute atomic E-state index is 13.0. The summed E-state index contributed by atoms with van der Waals surface area (Å²) in [6.07, 6.45) is 3.25. The second kappa shape index (κ2) is 6.72. The van der Waals surface area contributed by atoms with E-state index in [9.17, 15) is 9.59 Å². The highest BCUT2D eigenvalue weighted by molar-refractivity contribution is 6.22. The van der Waals surface area contributed by atoms with Crippen molar-refractivity contribution in [3.05, 3.63) is 53.6 Å². The van der Waals surface area contributed by atoms with Crippen molar-refractivity contribution in [3.8, 4) is 11.5 Å². The molecule has 4 atom stereocenters. The lowest BCUT2D eigenvalue weighted by Crippen LogP contribution is -2.32. The fraction of sp³-hybridized carbons (Fsp3) is 0.440. The summed E-state index contributed by atoms with van der Waals surface area (Å²) in [6, 6.07) is 13.6. The van der Waals surface area contributed by atoms with E-state index in [-0.39, 0.29) is 23.7 Å². The summed E-state index contributed by atoms with van der Waals surface area (Å²) in [5.74, 6) is 2.57. The molecule has 2 aromatic carbocycles. The molecule has 2 aromatic rings. The Morgan fingerprint density at radius 1 is 0.931 bits per heavy atom. The van der Waals surface area contributed by atoms with Gasteiger partial charge in [0.05, 0.1) is 17.5 Å². The molecule has 0 radical (unpaired) electrons.